The van der Waals surface area contributed by atoms with Crippen molar-refractivity contribution < 1.29 is 24.5 Å². The summed E-state index contributed by atoms with van der Waals surface area (Å²) in [5, 5.41) is 21.6. The normalized spacial score (nSPS) is 10.9. The number of unbranched alkanes of at least 4 members (excludes halogenated alkanes) is 2. The van der Waals surface area contributed by atoms with Gasteiger partial charge in [-0.05, 0) is 77.9 Å². The SMILES string of the molecule is CCCCCOC(=O)CCc1ccc(Oc2c(-c3cccc(O)c3)ccc3cc(O)ccc23)cc1. The minimum Gasteiger partial charge on any atom is -0.508 e. The fraction of sp³-hybridized carbons (Fsp3) is 0.233. The number of benzene rings is 4. The molecule has 0 bridgehead atoms. The van der Waals surface area contributed by atoms with E-state index < -0.39 is 0 Å². The van der Waals surface area contributed by atoms with Crippen LogP contribution < -0.4 is 4.74 Å². The standard InChI is InChI=1S/C30H30O5/c1-2-3-4-18-34-29(33)17-10-21-8-13-26(14-9-21)35-30-27(22-6-5-7-24(31)19-22)15-11-23-20-25(32)12-16-28(23)30/h5-9,11-16,19-20,31-32H,2-4,10,17-18H2,1H3. The zero-order valence-electron chi connectivity index (χ0n) is 19.9. The number of hydrogen-bond acceptors (Lipinski definition) is 5. The molecule has 35 heavy (non-hydrogen) atoms. The second-order valence-corrected chi connectivity index (χ2v) is 8.57. The fourth-order valence-corrected chi connectivity index (χ4v) is 4.00. The van der Waals surface area contributed by atoms with E-state index in [-0.39, 0.29) is 17.5 Å². The molecule has 0 amide bonds. The van der Waals surface area contributed by atoms with Crippen molar-refractivity contribution in [1.29, 1.82) is 0 Å². The summed E-state index contributed by atoms with van der Waals surface area (Å²) in [6.07, 6.45) is 4.03. The number of carbonyl (C=O) groups excluding carboxylic acids is 1. The predicted octanol–water partition coefficient (Wildman–Crippen LogP) is 7.38. The van der Waals surface area contributed by atoms with Crippen molar-refractivity contribution in [3.05, 3.63) is 84.4 Å². The summed E-state index contributed by atoms with van der Waals surface area (Å²) in [6.45, 7) is 2.61. The quantitative estimate of drug-likeness (QED) is 0.187. The predicted molar refractivity (Wildman–Crippen MR) is 138 cm³/mol. The molecule has 0 aromatic heterocycles. The molecule has 4 aromatic carbocycles. The van der Waals surface area contributed by atoms with Gasteiger partial charge < -0.3 is 19.7 Å². The van der Waals surface area contributed by atoms with Crippen LogP contribution in [0.15, 0.2) is 78.9 Å². The molecule has 4 rings (SSSR count). The fourth-order valence-electron chi connectivity index (χ4n) is 4.00. The molecular weight excluding hydrogens is 440 g/mol. The number of hydrogen-bond donors (Lipinski definition) is 2. The highest BCUT2D eigenvalue weighted by atomic mass is 16.5. The Morgan fingerprint density at radius 2 is 1.66 bits per heavy atom. The van der Waals surface area contributed by atoms with Crippen molar-refractivity contribution in [1.82, 2.24) is 0 Å². The Balaban J connectivity index is 1.53. The van der Waals surface area contributed by atoms with Gasteiger partial charge in [-0.3, -0.25) is 4.79 Å². The number of aryl methyl sites for hydroxylation is 1. The lowest BCUT2D eigenvalue weighted by Gasteiger charge is -2.15. The molecule has 5 heteroatoms. The topological polar surface area (TPSA) is 76.0 Å². The molecule has 0 fully saturated rings. The van der Waals surface area contributed by atoms with Gasteiger partial charge in [0.15, 0.2) is 0 Å². The van der Waals surface area contributed by atoms with Gasteiger partial charge in [-0.15, -0.1) is 0 Å². The maximum Gasteiger partial charge on any atom is 0.306 e. The molecule has 0 spiro atoms. The molecule has 180 valence electrons. The summed E-state index contributed by atoms with van der Waals surface area (Å²) in [6, 6.07) is 23.7. The average molecular weight is 471 g/mol. The molecule has 0 saturated carbocycles. The van der Waals surface area contributed by atoms with Crippen LogP contribution in [0, 0.1) is 0 Å². The van der Waals surface area contributed by atoms with Crippen molar-refractivity contribution in [2.24, 2.45) is 0 Å². The highest BCUT2D eigenvalue weighted by Crippen LogP contribution is 2.41. The molecule has 5 nitrogen and oxygen atoms in total. The minimum atomic E-state index is -0.170. The van der Waals surface area contributed by atoms with Crippen LogP contribution in [0.2, 0.25) is 0 Å². The van der Waals surface area contributed by atoms with E-state index in [1.165, 1.54) is 0 Å². The van der Waals surface area contributed by atoms with Crippen molar-refractivity contribution in [3.63, 3.8) is 0 Å². The number of ether oxygens (including phenoxy) is 2. The number of fused-ring (bicyclic) bond motifs is 1. The summed E-state index contributed by atoms with van der Waals surface area (Å²) in [7, 11) is 0. The van der Waals surface area contributed by atoms with E-state index in [4.69, 9.17) is 9.47 Å². The summed E-state index contributed by atoms with van der Waals surface area (Å²) in [4.78, 5) is 11.9. The molecule has 0 heterocycles. The van der Waals surface area contributed by atoms with Crippen molar-refractivity contribution >= 4 is 16.7 Å². The zero-order valence-corrected chi connectivity index (χ0v) is 19.9. The van der Waals surface area contributed by atoms with Gasteiger partial charge in [0.1, 0.15) is 23.0 Å². The number of phenolic OH excluding ortho intramolecular Hbond substituents is 2. The van der Waals surface area contributed by atoms with Gasteiger partial charge >= 0.3 is 5.97 Å². The number of esters is 1. The van der Waals surface area contributed by atoms with Crippen molar-refractivity contribution in [2.45, 2.75) is 39.0 Å². The van der Waals surface area contributed by atoms with Gasteiger partial charge in [0, 0.05) is 17.4 Å². The van der Waals surface area contributed by atoms with E-state index >= 15 is 0 Å². The number of carbonyl (C=O) groups is 1. The third kappa shape index (κ3) is 6.33. The summed E-state index contributed by atoms with van der Waals surface area (Å²) < 4.78 is 11.6. The first kappa shape index (κ1) is 24.1. The number of rotatable bonds is 10. The lowest BCUT2D eigenvalue weighted by atomic mass is 9.99. The molecular formula is C30H30O5. The van der Waals surface area contributed by atoms with Gasteiger partial charge in [-0.1, -0.05) is 50.1 Å². The molecule has 0 aliphatic rings. The Hall–Kier alpha value is -3.99. The molecule has 0 aliphatic carbocycles. The number of aromatic hydroxyl groups is 2. The Labute approximate surface area is 205 Å². The molecule has 2 N–H and O–H groups in total. The molecule has 0 saturated heterocycles. The summed E-state index contributed by atoms with van der Waals surface area (Å²) >= 11 is 0. The van der Waals surface area contributed by atoms with Crippen LogP contribution in [-0.2, 0) is 16.0 Å². The lowest BCUT2D eigenvalue weighted by molar-refractivity contribution is -0.143. The van der Waals surface area contributed by atoms with Gasteiger partial charge in [0.2, 0.25) is 0 Å². The van der Waals surface area contributed by atoms with Gasteiger partial charge in [0.25, 0.3) is 0 Å². The van der Waals surface area contributed by atoms with Crippen LogP contribution in [-0.4, -0.2) is 22.8 Å². The first-order chi connectivity index (χ1) is 17.0. The Kier molecular flexibility index (Phi) is 7.88. The van der Waals surface area contributed by atoms with Gasteiger partial charge in [-0.25, -0.2) is 0 Å². The highest BCUT2D eigenvalue weighted by molar-refractivity contribution is 5.96. The second-order valence-electron chi connectivity index (χ2n) is 8.57. The highest BCUT2D eigenvalue weighted by Gasteiger charge is 2.14. The van der Waals surface area contributed by atoms with Gasteiger partial charge in [-0.2, -0.15) is 0 Å². The largest absolute Gasteiger partial charge is 0.508 e. The van der Waals surface area contributed by atoms with Crippen LogP contribution in [0.1, 0.15) is 38.2 Å². The van der Waals surface area contributed by atoms with Crippen molar-refractivity contribution in [2.75, 3.05) is 6.61 Å². The Bertz CT molecular complexity index is 1290. The van der Waals surface area contributed by atoms with Crippen molar-refractivity contribution in [3.8, 4) is 34.1 Å². The van der Waals surface area contributed by atoms with Crippen LogP contribution in [0.25, 0.3) is 21.9 Å². The monoisotopic (exact) mass is 470 g/mol. The minimum absolute atomic E-state index is 0.170. The first-order valence-corrected chi connectivity index (χ1v) is 12.0. The van der Waals surface area contributed by atoms with Crippen LogP contribution in [0.5, 0.6) is 23.0 Å². The van der Waals surface area contributed by atoms with E-state index in [0.29, 0.717) is 30.9 Å². The second kappa shape index (κ2) is 11.4. The van der Waals surface area contributed by atoms with E-state index in [2.05, 4.69) is 6.92 Å². The first-order valence-electron chi connectivity index (χ1n) is 12.0. The molecule has 0 aliphatic heterocycles. The summed E-state index contributed by atoms with van der Waals surface area (Å²) in [5.74, 6) is 1.47. The number of phenols is 2. The van der Waals surface area contributed by atoms with E-state index in [1.54, 1.807) is 30.3 Å². The van der Waals surface area contributed by atoms with E-state index in [1.807, 2.05) is 48.5 Å². The Morgan fingerprint density at radius 1 is 0.857 bits per heavy atom. The average Bonchev–Trinajstić information content (AvgIpc) is 2.86. The third-order valence-corrected chi connectivity index (χ3v) is 5.88. The third-order valence-electron chi connectivity index (χ3n) is 5.88. The molecule has 0 atom stereocenters. The summed E-state index contributed by atoms with van der Waals surface area (Å²) in [5.41, 5.74) is 2.68. The zero-order chi connectivity index (χ0) is 24.6. The van der Waals surface area contributed by atoms with Crippen LogP contribution in [0.4, 0.5) is 0 Å². The lowest BCUT2D eigenvalue weighted by Crippen LogP contribution is -2.07. The molecule has 0 radical (unpaired) electrons. The molecule has 0 unspecified atom stereocenters. The maximum atomic E-state index is 11.9. The van der Waals surface area contributed by atoms with Gasteiger partial charge in [0.05, 0.1) is 6.61 Å². The maximum absolute atomic E-state index is 11.9. The smallest absolute Gasteiger partial charge is 0.306 e. The molecule has 4 aromatic rings. The van der Waals surface area contributed by atoms with E-state index in [0.717, 1.165) is 46.7 Å². The Morgan fingerprint density at radius 3 is 2.43 bits per heavy atom. The van der Waals surface area contributed by atoms with Crippen LogP contribution in [0.3, 0.4) is 0 Å². The van der Waals surface area contributed by atoms with E-state index in [9.17, 15) is 15.0 Å². The van der Waals surface area contributed by atoms with Crippen LogP contribution >= 0.6 is 0 Å².